The van der Waals surface area contributed by atoms with Crippen molar-refractivity contribution in [3.63, 3.8) is 0 Å². The summed E-state index contributed by atoms with van der Waals surface area (Å²) in [6.07, 6.45) is 7.84. The smallest absolute Gasteiger partial charge is 0.407 e. The van der Waals surface area contributed by atoms with Gasteiger partial charge in [0.1, 0.15) is 23.6 Å². The van der Waals surface area contributed by atoms with E-state index in [1.807, 2.05) is 12.1 Å². The van der Waals surface area contributed by atoms with Gasteiger partial charge in [-0.1, -0.05) is 6.08 Å². The molecule has 156 valence electrons. The van der Waals surface area contributed by atoms with Crippen molar-refractivity contribution in [2.75, 3.05) is 18.4 Å². The molecule has 31 heavy (non-hydrogen) atoms. The number of imidazole rings is 1. The minimum absolute atomic E-state index is 0.351. The molecule has 0 bridgehead atoms. The van der Waals surface area contributed by atoms with E-state index in [9.17, 15) is 9.18 Å². The average Bonchev–Trinajstić information content (AvgIpc) is 3.46. The molecular weight excluding hydrogens is 401 g/mol. The molecule has 3 N–H and O–H groups in total. The van der Waals surface area contributed by atoms with Gasteiger partial charge in [0.2, 0.25) is 0 Å². The zero-order valence-electron chi connectivity index (χ0n) is 16.3. The van der Waals surface area contributed by atoms with Crippen LogP contribution in [0.1, 0.15) is 12.1 Å². The van der Waals surface area contributed by atoms with Crippen LogP contribution in [-0.4, -0.2) is 53.7 Å². The second-order valence-electron chi connectivity index (χ2n) is 7.14. The van der Waals surface area contributed by atoms with Crippen LogP contribution in [0.2, 0.25) is 0 Å². The number of hydrogen-bond acceptors (Lipinski definition) is 5. The van der Waals surface area contributed by atoms with Crippen molar-refractivity contribution in [1.82, 2.24) is 29.4 Å². The number of benzene rings is 1. The summed E-state index contributed by atoms with van der Waals surface area (Å²) in [6, 6.07) is 6.66. The van der Waals surface area contributed by atoms with E-state index in [1.54, 1.807) is 29.1 Å². The lowest BCUT2D eigenvalue weighted by Gasteiger charge is -2.23. The van der Waals surface area contributed by atoms with Gasteiger partial charge < -0.3 is 24.9 Å². The third-order valence-corrected chi connectivity index (χ3v) is 5.24. The molecule has 4 aromatic rings. The minimum atomic E-state index is -0.918. The monoisotopic (exact) mass is 419 g/mol. The van der Waals surface area contributed by atoms with Crippen LogP contribution in [0.25, 0.3) is 22.3 Å². The van der Waals surface area contributed by atoms with E-state index in [2.05, 4.69) is 25.3 Å². The molecule has 0 saturated heterocycles. The number of nitrogens with one attached hydrogen (secondary N) is 2. The highest BCUT2D eigenvalue weighted by Crippen LogP contribution is 2.30. The summed E-state index contributed by atoms with van der Waals surface area (Å²) < 4.78 is 15.9. The number of rotatable bonds is 4. The summed E-state index contributed by atoms with van der Waals surface area (Å²) in [7, 11) is 0. The average molecular weight is 419 g/mol. The van der Waals surface area contributed by atoms with Crippen molar-refractivity contribution in [1.29, 1.82) is 0 Å². The molecule has 1 aromatic carbocycles. The van der Waals surface area contributed by atoms with Gasteiger partial charge in [-0.15, -0.1) is 0 Å². The molecule has 0 fully saturated rings. The first kappa shape index (κ1) is 18.8. The van der Waals surface area contributed by atoms with Gasteiger partial charge >= 0.3 is 6.09 Å². The highest BCUT2D eigenvalue weighted by Gasteiger charge is 2.19. The van der Waals surface area contributed by atoms with E-state index in [0.717, 1.165) is 16.7 Å². The van der Waals surface area contributed by atoms with Crippen LogP contribution in [0, 0.1) is 5.82 Å². The Kier molecular flexibility index (Phi) is 4.58. The van der Waals surface area contributed by atoms with Gasteiger partial charge in [0.05, 0.1) is 17.4 Å². The van der Waals surface area contributed by atoms with Crippen molar-refractivity contribution in [2.24, 2.45) is 0 Å². The van der Waals surface area contributed by atoms with E-state index in [1.165, 1.54) is 23.6 Å². The van der Waals surface area contributed by atoms with Crippen LogP contribution in [0.15, 0.2) is 55.4 Å². The number of nitrogens with zero attached hydrogens (tertiary/aromatic N) is 5. The summed E-state index contributed by atoms with van der Waals surface area (Å²) in [5.41, 5.74) is 3.61. The normalized spacial score (nSPS) is 14.0. The quantitative estimate of drug-likeness (QED) is 0.464. The number of carbonyl (C=O) groups is 1. The summed E-state index contributed by atoms with van der Waals surface area (Å²) in [5.74, 6) is 0.221. The zero-order chi connectivity index (χ0) is 21.4. The van der Waals surface area contributed by atoms with Gasteiger partial charge in [0.15, 0.2) is 0 Å². The number of carboxylic acid groups (broad SMARTS) is 1. The number of hydrogen-bond donors (Lipinski definition) is 3. The highest BCUT2D eigenvalue weighted by atomic mass is 19.1. The Morgan fingerprint density at radius 2 is 2.16 bits per heavy atom. The number of fused-ring (bicyclic) bond motifs is 1. The van der Waals surface area contributed by atoms with Gasteiger partial charge in [-0.3, -0.25) is 0 Å². The van der Waals surface area contributed by atoms with Crippen molar-refractivity contribution in [3.05, 3.63) is 66.9 Å². The number of H-pyrrole nitrogens is 1. The molecule has 3 aromatic heterocycles. The molecule has 9 nitrogen and oxygen atoms in total. The number of aromatic nitrogens is 5. The fourth-order valence-electron chi connectivity index (χ4n) is 3.63. The first-order chi connectivity index (χ1) is 15.1. The van der Waals surface area contributed by atoms with Crippen LogP contribution in [0.4, 0.5) is 20.7 Å². The third kappa shape index (κ3) is 3.59. The molecule has 0 unspecified atom stereocenters. The van der Waals surface area contributed by atoms with Crippen LogP contribution < -0.4 is 5.32 Å². The maximum absolute atomic E-state index is 14.3. The maximum atomic E-state index is 14.3. The van der Waals surface area contributed by atoms with Crippen molar-refractivity contribution < 1.29 is 14.3 Å². The predicted molar refractivity (Wildman–Crippen MR) is 113 cm³/mol. The summed E-state index contributed by atoms with van der Waals surface area (Å²) >= 11 is 0. The molecule has 0 saturated carbocycles. The molecule has 4 heterocycles. The molecule has 0 radical (unpaired) electrons. The number of anilines is 2. The first-order valence-corrected chi connectivity index (χ1v) is 9.64. The SMILES string of the molecule is O=C(O)N1CC=C(c2cc3c(Nc4ccc(F)c(-n5ccnc5)c4)ncnc3[nH]2)CC1. The lowest BCUT2D eigenvalue weighted by atomic mass is 10.1. The van der Waals surface area contributed by atoms with E-state index < -0.39 is 6.09 Å². The lowest BCUT2D eigenvalue weighted by Crippen LogP contribution is -2.33. The molecular formula is C21H18FN7O2. The molecule has 5 rings (SSSR count). The topological polar surface area (TPSA) is 112 Å². The van der Waals surface area contributed by atoms with Gasteiger partial charge in [-0.05, 0) is 36.3 Å². The predicted octanol–water partition coefficient (Wildman–Crippen LogP) is 3.79. The Balaban J connectivity index is 1.45. The van der Waals surface area contributed by atoms with Crippen molar-refractivity contribution in [2.45, 2.75) is 6.42 Å². The van der Waals surface area contributed by atoms with E-state index in [0.29, 0.717) is 42.4 Å². The molecule has 0 spiro atoms. The van der Waals surface area contributed by atoms with Crippen LogP contribution in [0.5, 0.6) is 0 Å². The molecule has 0 atom stereocenters. The minimum Gasteiger partial charge on any atom is -0.465 e. The largest absolute Gasteiger partial charge is 0.465 e. The van der Waals surface area contributed by atoms with Crippen LogP contribution in [-0.2, 0) is 0 Å². The maximum Gasteiger partial charge on any atom is 0.407 e. The first-order valence-electron chi connectivity index (χ1n) is 9.64. The second kappa shape index (κ2) is 7.56. The number of halogens is 1. The third-order valence-electron chi connectivity index (χ3n) is 5.24. The second-order valence-corrected chi connectivity index (χ2v) is 7.14. The standard InChI is InChI=1S/C21H18FN7O2/c22-16-2-1-14(9-18(16)29-8-5-23-12-29)26-19-15-10-17(27-20(15)25-11-24-19)13-3-6-28(7-4-13)21(30)31/h1-3,5,8-12H,4,6-7H2,(H,30,31)(H2,24,25,26,27). The Bertz CT molecular complexity index is 1300. The number of aromatic amines is 1. The van der Waals surface area contributed by atoms with Gasteiger partial charge in [-0.25, -0.2) is 24.1 Å². The Labute approximate surface area is 175 Å². The van der Waals surface area contributed by atoms with Crippen LogP contribution in [0.3, 0.4) is 0 Å². The Hall–Kier alpha value is -4.21. The fourth-order valence-corrected chi connectivity index (χ4v) is 3.63. The molecule has 1 aliphatic rings. The van der Waals surface area contributed by atoms with Gasteiger partial charge in [0, 0.05) is 36.9 Å². The molecule has 1 aliphatic heterocycles. The lowest BCUT2D eigenvalue weighted by molar-refractivity contribution is 0.150. The van der Waals surface area contributed by atoms with Crippen molar-refractivity contribution in [3.8, 4) is 5.69 Å². The summed E-state index contributed by atoms with van der Waals surface area (Å²) in [6.45, 7) is 0.795. The Morgan fingerprint density at radius 3 is 2.90 bits per heavy atom. The highest BCUT2D eigenvalue weighted by molar-refractivity contribution is 5.92. The van der Waals surface area contributed by atoms with E-state index in [-0.39, 0.29) is 5.82 Å². The number of amides is 1. The van der Waals surface area contributed by atoms with Gasteiger partial charge in [0.25, 0.3) is 0 Å². The fraction of sp³-hybridized carbons (Fsp3) is 0.143. The summed E-state index contributed by atoms with van der Waals surface area (Å²) in [4.78, 5) is 28.4. The zero-order valence-corrected chi connectivity index (χ0v) is 16.3. The van der Waals surface area contributed by atoms with Crippen LogP contribution >= 0.6 is 0 Å². The molecule has 10 heteroatoms. The van der Waals surface area contributed by atoms with Gasteiger partial charge in [-0.2, -0.15) is 0 Å². The Morgan fingerprint density at radius 1 is 1.26 bits per heavy atom. The molecule has 0 aliphatic carbocycles. The van der Waals surface area contributed by atoms with E-state index in [4.69, 9.17) is 5.11 Å². The summed E-state index contributed by atoms with van der Waals surface area (Å²) in [5, 5.41) is 13.1. The van der Waals surface area contributed by atoms with Crippen molar-refractivity contribution >= 4 is 34.2 Å². The van der Waals surface area contributed by atoms with E-state index >= 15 is 0 Å². The molecule has 1 amide bonds.